The smallest absolute Gasteiger partial charge is 0.317 e. The van der Waals surface area contributed by atoms with Crippen LogP contribution in [0.2, 0.25) is 0 Å². The van der Waals surface area contributed by atoms with Gasteiger partial charge in [0.1, 0.15) is 11.6 Å². The Labute approximate surface area is 163 Å². The van der Waals surface area contributed by atoms with Crippen LogP contribution in [-0.4, -0.2) is 53.1 Å². The molecule has 0 radical (unpaired) electrons. The minimum atomic E-state index is 0.00127. The molecule has 144 valence electrons. The SMILES string of the molecule is Cc1nsc(N2CCCN(C(=O)NC3CCCOc4ccccc43)CC2)n1. The second-order valence-electron chi connectivity index (χ2n) is 6.98. The number of carbonyl (C=O) groups is 1. The third-order valence-electron chi connectivity index (χ3n) is 5.06. The van der Waals surface area contributed by atoms with Crippen molar-refractivity contribution in [2.75, 3.05) is 37.7 Å². The fourth-order valence-corrected chi connectivity index (χ4v) is 4.37. The van der Waals surface area contributed by atoms with Crippen LogP contribution in [0.4, 0.5) is 9.93 Å². The molecule has 2 aliphatic heterocycles. The number of amides is 2. The molecule has 2 amide bonds. The minimum Gasteiger partial charge on any atom is -0.493 e. The molecule has 0 bridgehead atoms. The summed E-state index contributed by atoms with van der Waals surface area (Å²) >= 11 is 1.43. The second-order valence-corrected chi connectivity index (χ2v) is 7.71. The van der Waals surface area contributed by atoms with Crippen molar-refractivity contribution in [1.82, 2.24) is 19.6 Å². The highest BCUT2D eigenvalue weighted by Crippen LogP contribution is 2.31. The van der Waals surface area contributed by atoms with Crippen molar-refractivity contribution < 1.29 is 9.53 Å². The first-order valence-corrected chi connectivity index (χ1v) is 10.3. The molecule has 1 saturated heterocycles. The van der Waals surface area contributed by atoms with E-state index in [4.69, 9.17) is 4.74 Å². The highest BCUT2D eigenvalue weighted by Gasteiger charge is 2.25. The topological polar surface area (TPSA) is 70.6 Å². The van der Waals surface area contributed by atoms with E-state index in [-0.39, 0.29) is 12.1 Å². The van der Waals surface area contributed by atoms with Crippen molar-refractivity contribution in [2.24, 2.45) is 0 Å². The van der Waals surface area contributed by atoms with E-state index in [1.165, 1.54) is 11.5 Å². The Morgan fingerprint density at radius 1 is 1.22 bits per heavy atom. The van der Waals surface area contributed by atoms with Gasteiger partial charge in [-0.25, -0.2) is 9.78 Å². The van der Waals surface area contributed by atoms with Crippen molar-refractivity contribution in [2.45, 2.75) is 32.2 Å². The van der Waals surface area contributed by atoms with Crippen molar-refractivity contribution >= 4 is 22.7 Å². The maximum atomic E-state index is 12.9. The normalized spacial score (nSPS) is 20.3. The number of para-hydroxylation sites is 1. The molecule has 0 aliphatic carbocycles. The van der Waals surface area contributed by atoms with Gasteiger partial charge in [-0.2, -0.15) is 4.37 Å². The largest absolute Gasteiger partial charge is 0.493 e. The summed E-state index contributed by atoms with van der Waals surface area (Å²) in [6.45, 7) is 5.74. The monoisotopic (exact) mass is 387 g/mol. The molecule has 1 fully saturated rings. The summed E-state index contributed by atoms with van der Waals surface area (Å²) in [7, 11) is 0. The van der Waals surface area contributed by atoms with Crippen LogP contribution in [0.3, 0.4) is 0 Å². The lowest BCUT2D eigenvalue weighted by atomic mass is 10.0. The number of nitrogens with one attached hydrogen (secondary N) is 1. The molecular weight excluding hydrogens is 362 g/mol. The van der Waals surface area contributed by atoms with E-state index in [1.54, 1.807) is 0 Å². The molecule has 1 atom stereocenters. The number of fused-ring (bicyclic) bond motifs is 1. The zero-order valence-electron chi connectivity index (χ0n) is 15.6. The van der Waals surface area contributed by atoms with Gasteiger partial charge in [0.05, 0.1) is 12.6 Å². The molecule has 3 heterocycles. The summed E-state index contributed by atoms with van der Waals surface area (Å²) in [6, 6.07) is 8.01. The van der Waals surface area contributed by atoms with Crippen LogP contribution >= 0.6 is 11.5 Å². The Morgan fingerprint density at radius 2 is 2.11 bits per heavy atom. The maximum absolute atomic E-state index is 12.9. The predicted molar refractivity (Wildman–Crippen MR) is 105 cm³/mol. The number of hydrogen-bond acceptors (Lipinski definition) is 6. The van der Waals surface area contributed by atoms with Gasteiger partial charge < -0.3 is 19.9 Å². The van der Waals surface area contributed by atoms with Gasteiger partial charge in [0.15, 0.2) is 0 Å². The molecule has 1 aromatic heterocycles. The van der Waals surface area contributed by atoms with Gasteiger partial charge in [-0.15, -0.1) is 0 Å². The summed E-state index contributed by atoms with van der Waals surface area (Å²) in [5.74, 6) is 1.69. The van der Waals surface area contributed by atoms with Gasteiger partial charge in [0.2, 0.25) is 5.13 Å². The van der Waals surface area contributed by atoms with E-state index in [0.717, 1.165) is 61.2 Å². The zero-order valence-corrected chi connectivity index (χ0v) is 16.4. The van der Waals surface area contributed by atoms with Gasteiger partial charge in [0, 0.05) is 43.3 Å². The lowest BCUT2D eigenvalue weighted by Gasteiger charge is -2.25. The molecule has 2 aromatic rings. The number of rotatable bonds is 2. The van der Waals surface area contributed by atoms with Crippen molar-refractivity contribution in [3.05, 3.63) is 35.7 Å². The number of aryl methyl sites for hydroxylation is 1. The van der Waals surface area contributed by atoms with E-state index >= 15 is 0 Å². The number of ether oxygens (including phenoxy) is 1. The third kappa shape index (κ3) is 4.16. The molecule has 1 aromatic carbocycles. The number of hydrogen-bond donors (Lipinski definition) is 1. The first-order valence-electron chi connectivity index (χ1n) is 9.53. The molecule has 7 nitrogen and oxygen atoms in total. The lowest BCUT2D eigenvalue weighted by Crippen LogP contribution is -2.43. The summed E-state index contributed by atoms with van der Waals surface area (Å²) in [5.41, 5.74) is 1.07. The number of aromatic nitrogens is 2. The van der Waals surface area contributed by atoms with Gasteiger partial charge in [-0.05, 0) is 32.3 Å². The molecule has 2 aliphatic rings. The molecule has 0 spiro atoms. The zero-order chi connectivity index (χ0) is 18.6. The lowest BCUT2D eigenvalue weighted by molar-refractivity contribution is 0.196. The van der Waals surface area contributed by atoms with Gasteiger partial charge in [0.25, 0.3) is 0 Å². The summed E-state index contributed by atoms with van der Waals surface area (Å²) in [6.07, 6.45) is 2.76. The highest BCUT2D eigenvalue weighted by atomic mass is 32.1. The van der Waals surface area contributed by atoms with Crippen LogP contribution in [-0.2, 0) is 0 Å². The Morgan fingerprint density at radius 3 is 2.96 bits per heavy atom. The van der Waals surface area contributed by atoms with Gasteiger partial charge >= 0.3 is 6.03 Å². The molecule has 4 rings (SSSR count). The average molecular weight is 388 g/mol. The predicted octanol–water partition coefficient (Wildman–Crippen LogP) is 2.98. The molecule has 1 unspecified atom stereocenters. The first kappa shape index (κ1) is 18.0. The molecular formula is C19H25N5O2S. The molecule has 8 heteroatoms. The maximum Gasteiger partial charge on any atom is 0.317 e. The van der Waals surface area contributed by atoms with Crippen molar-refractivity contribution in [1.29, 1.82) is 0 Å². The Balaban J connectivity index is 1.40. The quantitative estimate of drug-likeness (QED) is 0.858. The number of carbonyl (C=O) groups excluding carboxylic acids is 1. The molecule has 0 saturated carbocycles. The van der Waals surface area contributed by atoms with Gasteiger partial charge in [-0.1, -0.05) is 18.2 Å². The number of benzene rings is 1. The number of anilines is 1. The summed E-state index contributed by atoms with van der Waals surface area (Å²) < 4.78 is 10.1. The average Bonchev–Trinajstić information content (AvgIpc) is 2.88. The van der Waals surface area contributed by atoms with Crippen LogP contribution in [0.15, 0.2) is 24.3 Å². The van der Waals surface area contributed by atoms with E-state index in [9.17, 15) is 4.79 Å². The fraction of sp³-hybridized carbons (Fsp3) is 0.526. The minimum absolute atomic E-state index is 0.00127. The first-order chi connectivity index (χ1) is 13.2. The van der Waals surface area contributed by atoms with Crippen molar-refractivity contribution in [3.8, 4) is 5.75 Å². The highest BCUT2D eigenvalue weighted by molar-refractivity contribution is 7.09. The standard InChI is InChI=1S/C19H25N5O2S/c1-14-20-19(27-22-14)24-10-5-9-23(11-12-24)18(25)21-16-7-4-13-26-17-8-3-2-6-15(16)17/h2-3,6,8,16H,4-5,7,9-13H2,1H3,(H,21,25). The van der Waals surface area contributed by atoms with Crippen LogP contribution in [0.5, 0.6) is 5.75 Å². The Kier molecular flexibility index (Phi) is 5.42. The fourth-order valence-electron chi connectivity index (χ4n) is 3.64. The molecule has 1 N–H and O–H groups in total. The van der Waals surface area contributed by atoms with Crippen molar-refractivity contribution in [3.63, 3.8) is 0 Å². The van der Waals surface area contributed by atoms with E-state index in [0.29, 0.717) is 13.2 Å². The van der Waals surface area contributed by atoms with E-state index < -0.39 is 0 Å². The van der Waals surface area contributed by atoms with Crippen LogP contribution in [0.25, 0.3) is 0 Å². The van der Waals surface area contributed by atoms with Crippen LogP contribution in [0, 0.1) is 6.92 Å². The number of urea groups is 1. The third-order valence-corrected chi connectivity index (χ3v) is 5.93. The van der Waals surface area contributed by atoms with E-state index in [2.05, 4.69) is 19.6 Å². The Bertz CT molecular complexity index is 796. The summed E-state index contributed by atoms with van der Waals surface area (Å²) in [5, 5.41) is 4.18. The Hall–Kier alpha value is -2.35. The number of nitrogens with zero attached hydrogens (tertiary/aromatic N) is 4. The summed E-state index contributed by atoms with van der Waals surface area (Å²) in [4.78, 5) is 21.5. The van der Waals surface area contributed by atoms with E-state index in [1.807, 2.05) is 36.1 Å². The van der Waals surface area contributed by atoms with Crippen LogP contribution < -0.4 is 15.0 Å². The molecule has 27 heavy (non-hydrogen) atoms. The van der Waals surface area contributed by atoms with Crippen LogP contribution in [0.1, 0.15) is 36.7 Å². The second kappa shape index (κ2) is 8.12. The van der Waals surface area contributed by atoms with Gasteiger partial charge in [-0.3, -0.25) is 0 Å².